The van der Waals surface area contributed by atoms with Crippen LogP contribution in [0.2, 0.25) is 0 Å². The van der Waals surface area contributed by atoms with Crippen molar-refractivity contribution < 1.29 is 4.74 Å². The molecule has 1 fully saturated rings. The maximum absolute atomic E-state index is 5.16. The average Bonchev–Trinajstić information content (AvgIpc) is 3.22. The lowest BCUT2D eigenvalue weighted by Gasteiger charge is -2.22. The molecule has 0 aliphatic heterocycles. The number of hydrogen-bond donors (Lipinski definition) is 1. The van der Waals surface area contributed by atoms with Gasteiger partial charge in [0.1, 0.15) is 18.2 Å². The van der Waals surface area contributed by atoms with Crippen LogP contribution >= 0.6 is 0 Å². The maximum Gasteiger partial charge on any atom is 0.158 e. The molecule has 0 saturated heterocycles. The Balaban J connectivity index is 2.21. The van der Waals surface area contributed by atoms with Gasteiger partial charge in [-0.05, 0) is 26.2 Å². The molecule has 0 amide bonds. The highest BCUT2D eigenvalue weighted by atomic mass is 16.5. The summed E-state index contributed by atoms with van der Waals surface area (Å²) in [5.74, 6) is 2.67. The van der Waals surface area contributed by atoms with Gasteiger partial charge < -0.3 is 15.0 Å². The third kappa shape index (κ3) is 3.80. The van der Waals surface area contributed by atoms with Gasteiger partial charge in [-0.25, -0.2) is 9.97 Å². The van der Waals surface area contributed by atoms with Crippen molar-refractivity contribution in [2.24, 2.45) is 0 Å². The van der Waals surface area contributed by atoms with Gasteiger partial charge in [0.15, 0.2) is 5.82 Å². The normalized spacial score (nSPS) is 14.5. The molecule has 1 aromatic heterocycles. The Morgan fingerprint density at radius 3 is 2.74 bits per heavy atom. The Labute approximate surface area is 115 Å². The van der Waals surface area contributed by atoms with Crippen LogP contribution in [0.4, 0.5) is 11.6 Å². The number of methoxy groups -OCH3 is 1. The number of anilines is 2. The number of hydrogen-bond acceptors (Lipinski definition) is 5. The minimum atomic E-state index is 0.455. The second-order valence-corrected chi connectivity index (χ2v) is 4.90. The number of nitrogens with one attached hydrogen (secondary N) is 1. The van der Waals surface area contributed by atoms with E-state index in [2.05, 4.69) is 40.1 Å². The maximum atomic E-state index is 5.16. The monoisotopic (exact) mass is 264 g/mol. The highest BCUT2D eigenvalue weighted by molar-refractivity contribution is 5.50. The quantitative estimate of drug-likeness (QED) is 0.781. The molecule has 0 radical (unpaired) electrons. The summed E-state index contributed by atoms with van der Waals surface area (Å²) >= 11 is 0. The molecule has 106 valence electrons. The topological polar surface area (TPSA) is 50.3 Å². The lowest BCUT2D eigenvalue weighted by molar-refractivity contribution is 0.178. The van der Waals surface area contributed by atoms with E-state index >= 15 is 0 Å². The van der Waals surface area contributed by atoms with Crippen molar-refractivity contribution in [1.82, 2.24) is 9.97 Å². The fourth-order valence-corrected chi connectivity index (χ4v) is 2.16. The first kappa shape index (κ1) is 14.1. The number of ether oxygens (including phenoxy) is 1. The highest BCUT2D eigenvalue weighted by Crippen LogP contribution is 2.31. The number of rotatable bonds is 8. The predicted molar refractivity (Wildman–Crippen MR) is 77.6 cm³/mol. The molecule has 0 unspecified atom stereocenters. The van der Waals surface area contributed by atoms with Gasteiger partial charge in [0.2, 0.25) is 0 Å². The molecule has 0 aromatic carbocycles. The summed E-state index contributed by atoms with van der Waals surface area (Å²) in [6, 6.07) is 2.71. The lowest BCUT2D eigenvalue weighted by atomic mass is 10.4. The molecule has 5 nitrogen and oxygen atoms in total. The van der Waals surface area contributed by atoms with E-state index in [0.717, 1.165) is 37.0 Å². The van der Waals surface area contributed by atoms with Gasteiger partial charge in [0.05, 0.1) is 0 Å². The van der Waals surface area contributed by atoms with E-state index in [1.54, 1.807) is 7.11 Å². The van der Waals surface area contributed by atoms with Crippen molar-refractivity contribution in [3.8, 4) is 0 Å². The van der Waals surface area contributed by atoms with Crippen LogP contribution in [0.3, 0.4) is 0 Å². The van der Waals surface area contributed by atoms with E-state index in [4.69, 9.17) is 4.74 Å². The van der Waals surface area contributed by atoms with E-state index in [1.165, 1.54) is 12.8 Å². The summed E-state index contributed by atoms with van der Waals surface area (Å²) in [6.45, 7) is 6.69. The Bertz CT molecular complexity index is 406. The van der Waals surface area contributed by atoms with Gasteiger partial charge in [-0.3, -0.25) is 0 Å². The molecule has 0 spiro atoms. The summed E-state index contributed by atoms with van der Waals surface area (Å²) in [4.78, 5) is 11.5. The van der Waals surface area contributed by atoms with Crippen molar-refractivity contribution in [3.05, 3.63) is 11.9 Å². The first-order valence-electron chi connectivity index (χ1n) is 7.15. The van der Waals surface area contributed by atoms with Gasteiger partial charge in [0, 0.05) is 32.3 Å². The first-order valence-corrected chi connectivity index (χ1v) is 7.15. The first-order chi connectivity index (χ1) is 9.28. The van der Waals surface area contributed by atoms with Crippen LogP contribution in [0.5, 0.6) is 0 Å². The van der Waals surface area contributed by atoms with E-state index in [0.29, 0.717) is 12.6 Å². The summed E-state index contributed by atoms with van der Waals surface area (Å²) in [5.41, 5.74) is 0. The molecular weight excluding hydrogens is 240 g/mol. The predicted octanol–water partition coefficient (Wildman–Crippen LogP) is 2.43. The van der Waals surface area contributed by atoms with Crippen LogP contribution < -0.4 is 10.2 Å². The summed E-state index contributed by atoms with van der Waals surface area (Å²) in [5, 5.41) is 3.34. The zero-order chi connectivity index (χ0) is 13.7. The summed E-state index contributed by atoms with van der Waals surface area (Å²) in [7, 11) is 1.67. The van der Waals surface area contributed by atoms with Crippen LogP contribution in [0.1, 0.15) is 38.9 Å². The molecule has 1 N–H and O–H groups in total. The molecule has 0 bridgehead atoms. The Morgan fingerprint density at radius 2 is 2.16 bits per heavy atom. The molecule has 2 rings (SSSR count). The molecule has 1 aromatic rings. The Morgan fingerprint density at radius 1 is 1.37 bits per heavy atom. The molecule has 5 heteroatoms. The van der Waals surface area contributed by atoms with Crippen LogP contribution in [0, 0.1) is 0 Å². The Hall–Kier alpha value is -1.36. The van der Waals surface area contributed by atoms with Crippen molar-refractivity contribution in [2.45, 2.75) is 45.8 Å². The number of nitrogens with zero attached hydrogens (tertiary/aromatic N) is 3. The molecular formula is C14H24N4O. The third-order valence-electron chi connectivity index (χ3n) is 3.21. The summed E-state index contributed by atoms with van der Waals surface area (Å²) < 4.78 is 5.16. The highest BCUT2D eigenvalue weighted by Gasteiger charge is 2.29. The van der Waals surface area contributed by atoms with Crippen molar-refractivity contribution in [1.29, 1.82) is 0 Å². The standard InChI is InChI=1S/C14H24N4O/c1-4-8-15-12-9-14(17-13(16-12)10-19-3)18(5-2)11-6-7-11/h9,11H,4-8,10H2,1-3H3,(H,15,16,17). The van der Waals surface area contributed by atoms with E-state index < -0.39 is 0 Å². The average molecular weight is 264 g/mol. The Kier molecular flexibility index (Phi) is 4.96. The number of aromatic nitrogens is 2. The van der Waals surface area contributed by atoms with E-state index in [9.17, 15) is 0 Å². The van der Waals surface area contributed by atoms with E-state index in [-0.39, 0.29) is 0 Å². The largest absolute Gasteiger partial charge is 0.377 e. The van der Waals surface area contributed by atoms with Crippen molar-refractivity contribution in [3.63, 3.8) is 0 Å². The smallest absolute Gasteiger partial charge is 0.158 e. The van der Waals surface area contributed by atoms with Gasteiger partial charge in [0.25, 0.3) is 0 Å². The SMILES string of the molecule is CCCNc1cc(N(CC)C2CC2)nc(COC)n1. The fraction of sp³-hybridized carbons (Fsp3) is 0.714. The molecule has 1 heterocycles. The zero-order valence-corrected chi connectivity index (χ0v) is 12.1. The molecule has 19 heavy (non-hydrogen) atoms. The minimum absolute atomic E-state index is 0.455. The minimum Gasteiger partial charge on any atom is -0.377 e. The van der Waals surface area contributed by atoms with Crippen LogP contribution in [0.15, 0.2) is 6.07 Å². The van der Waals surface area contributed by atoms with Gasteiger partial charge in [-0.1, -0.05) is 6.92 Å². The molecule has 0 atom stereocenters. The fourth-order valence-electron chi connectivity index (χ4n) is 2.16. The van der Waals surface area contributed by atoms with Crippen LogP contribution in [0.25, 0.3) is 0 Å². The van der Waals surface area contributed by atoms with Gasteiger partial charge >= 0.3 is 0 Å². The molecule has 1 aliphatic carbocycles. The lowest BCUT2D eigenvalue weighted by Crippen LogP contribution is -2.26. The third-order valence-corrected chi connectivity index (χ3v) is 3.21. The van der Waals surface area contributed by atoms with Crippen molar-refractivity contribution in [2.75, 3.05) is 30.4 Å². The van der Waals surface area contributed by atoms with E-state index in [1.807, 2.05) is 0 Å². The van der Waals surface area contributed by atoms with Crippen LogP contribution in [-0.2, 0) is 11.3 Å². The van der Waals surface area contributed by atoms with Gasteiger partial charge in [-0.15, -0.1) is 0 Å². The second kappa shape index (κ2) is 6.70. The second-order valence-electron chi connectivity index (χ2n) is 4.90. The molecule has 1 saturated carbocycles. The van der Waals surface area contributed by atoms with Crippen molar-refractivity contribution >= 4 is 11.6 Å². The zero-order valence-electron chi connectivity index (χ0n) is 12.1. The molecule has 1 aliphatic rings. The summed E-state index contributed by atoms with van der Waals surface area (Å²) in [6.07, 6.45) is 3.63. The van der Waals surface area contributed by atoms with Gasteiger partial charge in [-0.2, -0.15) is 0 Å². The van der Waals surface area contributed by atoms with Crippen LogP contribution in [-0.4, -0.2) is 36.2 Å².